The van der Waals surface area contributed by atoms with Crippen LogP contribution in [-0.2, 0) is 6.42 Å². The van der Waals surface area contributed by atoms with E-state index in [0.717, 1.165) is 10.9 Å². The summed E-state index contributed by atoms with van der Waals surface area (Å²) < 4.78 is 1.14. The average Bonchev–Trinajstić information content (AvgIpc) is 2.91. The summed E-state index contributed by atoms with van der Waals surface area (Å²) in [6.45, 7) is 0. The van der Waals surface area contributed by atoms with E-state index in [1.807, 2.05) is 0 Å². The van der Waals surface area contributed by atoms with E-state index in [4.69, 9.17) is 5.84 Å². The SMILES string of the molecule is NNC(CC1CCCc2ccccc21)c1cc(Br)cs1. The van der Waals surface area contributed by atoms with Gasteiger partial charge < -0.3 is 0 Å². The van der Waals surface area contributed by atoms with Crippen LogP contribution >= 0.6 is 27.3 Å². The first-order valence-corrected chi connectivity index (χ1v) is 8.73. The third-order valence-electron chi connectivity index (χ3n) is 4.15. The van der Waals surface area contributed by atoms with Gasteiger partial charge in [-0.1, -0.05) is 24.3 Å². The zero-order valence-corrected chi connectivity index (χ0v) is 13.7. The summed E-state index contributed by atoms with van der Waals surface area (Å²) in [6, 6.07) is 11.3. The second-order valence-corrected chi connectivity index (χ2v) is 7.27. The fraction of sp³-hybridized carbons (Fsp3) is 0.375. The molecule has 1 aliphatic carbocycles. The Morgan fingerprint density at radius 3 is 3.00 bits per heavy atom. The first-order chi connectivity index (χ1) is 9.78. The van der Waals surface area contributed by atoms with Crippen molar-refractivity contribution in [1.29, 1.82) is 0 Å². The maximum Gasteiger partial charge on any atom is 0.0559 e. The number of halogens is 1. The van der Waals surface area contributed by atoms with E-state index >= 15 is 0 Å². The molecule has 20 heavy (non-hydrogen) atoms. The number of aryl methyl sites for hydroxylation is 1. The highest BCUT2D eigenvalue weighted by Gasteiger charge is 2.24. The Labute approximate surface area is 132 Å². The van der Waals surface area contributed by atoms with E-state index < -0.39 is 0 Å². The summed E-state index contributed by atoms with van der Waals surface area (Å²) >= 11 is 5.29. The van der Waals surface area contributed by atoms with Crippen LogP contribution in [0.15, 0.2) is 40.2 Å². The summed E-state index contributed by atoms with van der Waals surface area (Å²) in [4.78, 5) is 1.31. The highest BCUT2D eigenvalue weighted by atomic mass is 79.9. The minimum atomic E-state index is 0.238. The number of thiophene rings is 1. The lowest BCUT2D eigenvalue weighted by atomic mass is 9.79. The Morgan fingerprint density at radius 1 is 1.40 bits per heavy atom. The van der Waals surface area contributed by atoms with E-state index in [2.05, 4.69) is 57.1 Å². The number of fused-ring (bicyclic) bond motifs is 1. The van der Waals surface area contributed by atoms with Gasteiger partial charge in [-0.3, -0.25) is 11.3 Å². The maximum atomic E-state index is 5.79. The second-order valence-electron chi connectivity index (χ2n) is 5.41. The molecule has 0 radical (unpaired) electrons. The molecule has 1 heterocycles. The molecule has 1 aliphatic rings. The van der Waals surface area contributed by atoms with Gasteiger partial charge in [0, 0.05) is 14.7 Å². The third-order valence-corrected chi connectivity index (χ3v) is 5.95. The third kappa shape index (κ3) is 2.98. The number of nitrogens with one attached hydrogen (secondary N) is 1. The summed E-state index contributed by atoms with van der Waals surface area (Å²) in [7, 11) is 0. The van der Waals surface area contributed by atoms with Gasteiger partial charge in [-0.25, -0.2) is 0 Å². The largest absolute Gasteiger partial charge is 0.271 e. The predicted molar refractivity (Wildman–Crippen MR) is 88.8 cm³/mol. The fourth-order valence-electron chi connectivity index (χ4n) is 3.16. The molecule has 0 saturated heterocycles. The van der Waals surface area contributed by atoms with Gasteiger partial charge in [0.15, 0.2) is 0 Å². The van der Waals surface area contributed by atoms with Crippen LogP contribution in [0.2, 0.25) is 0 Å². The number of rotatable bonds is 4. The lowest BCUT2D eigenvalue weighted by Gasteiger charge is -2.28. The smallest absolute Gasteiger partial charge is 0.0559 e. The van der Waals surface area contributed by atoms with Crippen LogP contribution in [0.5, 0.6) is 0 Å². The van der Waals surface area contributed by atoms with Crippen molar-refractivity contribution >= 4 is 27.3 Å². The molecule has 2 nitrogen and oxygen atoms in total. The minimum absolute atomic E-state index is 0.238. The maximum absolute atomic E-state index is 5.79. The van der Waals surface area contributed by atoms with E-state index in [0.29, 0.717) is 5.92 Å². The van der Waals surface area contributed by atoms with E-state index in [1.165, 1.54) is 35.3 Å². The highest BCUT2D eigenvalue weighted by molar-refractivity contribution is 9.10. The van der Waals surface area contributed by atoms with Gasteiger partial charge in [0.2, 0.25) is 0 Å². The van der Waals surface area contributed by atoms with Crippen LogP contribution in [0.1, 0.15) is 47.2 Å². The standard InChI is InChI=1S/C16H19BrN2S/c17-13-9-16(20-10-13)15(19-18)8-12-6-3-5-11-4-1-2-7-14(11)12/h1-2,4,7,9-10,12,15,19H,3,5-6,8,18H2. The van der Waals surface area contributed by atoms with Crippen LogP contribution in [0, 0.1) is 0 Å². The van der Waals surface area contributed by atoms with Crippen molar-refractivity contribution in [2.75, 3.05) is 0 Å². The van der Waals surface area contributed by atoms with Gasteiger partial charge in [-0.15, -0.1) is 11.3 Å². The van der Waals surface area contributed by atoms with Crippen LogP contribution in [-0.4, -0.2) is 0 Å². The average molecular weight is 351 g/mol. The summed E-state index contributed by atoms with van der Waals surface area (Å²) in [5.41, 5.74) is 6.04. The molecular formula is C16H19BrN2S. The predicted octanol–water partition coefficient (Wildman–Crippen LogP) is 4.53. The second kappa shape index (κ2) is 6.39. The Bertz CT molecular complexity index is 581. The lowest BCUT2D eigenvalue weighted by Crippen LogP contribution is -2.29. The van der Waals surface area contributed by atoms with Gasteiger partial charge in [-0.2, -0.15) is 0 Å². The Balaban J connectivity index is 1.80. The molecule has 0 spiro atoms. The molecule has 0 amide bonds. The van der Waals surface area contributed by atoms with Crippen molar-refractivity contribution in [3.63, 3.8) is 0 Å². The fourth-order valence-corrected chi connectivity index (χ4v) is 4.68. The molecule has 0 aliphatic heterocycles. The molecule has 0 bridgehead atoms. The molecule has 3 rings (SSSR count). The first-order valence-electron chi connectivity index (χ1n) is 7.06. The molecule has 2 atom stereocenters. The Kier molecular flexibility index (Phi) is 4.56. The molecular weight excluding hydrogens is 332 g/mol. The lowest BCUT2D eigenvalue weighted by molar-refractivity contribution is 0.429. The molecule has 0 saturated carbocycles. The molecule has 2 unspecified atom stereocenters. The molecule has 4 heteroatoms. The molecule has 1 aromatic carbocycles. The molecule has 3 N–H and O–H groups in total. The van der Waals surface area contributed by atoms with Crippen LogP contribution < -0.4 is 11.3 Å². The van der Waals surface area contributed by atoms with Crippen molar-refractivity contribution in [2.45, 2.75) is 37.6 Å². The van der Waals surface area contributed by atoms with Crippen LogP contribution in [0.3, 0.4) is 0 Å². The number of hydrogen-bond donors (Lipinski definition) is 2. The number of nitrogens with two attached hydrogens (primary N) is 1. The van der Waals surface area contributed by atoms with Crippen LogP contribution in [0.4, 0.5) is 0 Å². The number of hydrogen-bond acceptors (Lipinski definition) is 3. The van der Waals surface area contributed by atoms with Crippen molar-refractivity contribution in [3.8, 4) is 0 Å². The summed E-state index contributed by atoms with van der Waals surface area (Å²) in [6.07, 6.45) is 4.84. The van der Waals surface area contributed by atoms with Crippen molar-refractivity contribution < 1.29 is 0 Å². The molecule has 1 aromatic heterocycles. The topological polar surface area (TPSA) is 38.0 Å². The highest BCUT2D eigenvalue weighted by Crippen LogP contribution is 2.38. The number of benzene rings is 1. The minimum Gasteiger partial charge on any atom is -0.271 e. The normalized spacial score (nSPS) is 19.6. The van der Waals surface area contributed by atoms with E-state index in [-0.39, 0.29) is 6.04 Å². The Hall–Kier alpha value is -0.680. The summed E-state index contributed by atoms with van der Waals surface area (Å²) in [5.74, 6) is 6.41. The molecule has 106 valence electrons. The quantitative estimate of drug-likeness (QED) is 0.628. The van der Waals surface area contributed by atoms with Crippen molar-refractivity contribution in [2.24, 2.45) is 5.84 Å². The van der Waals surface area contributed by atoms with Crippen molar-refractivity contribution in [1.82, 2.24) is 5.43 Å². The van der Waals surface area contributed by atoms with Gasteiger partial charge >= 0.3 is 0 Å². The van der Waals surface area contributed by atoms with E-state index in [1.54, 1.807) is 11.3 Å². The van der Waals surface area contributed by atoms with Gasteiger partial charge in [-0.05, 0) is 64.7 Å². The van der Waals surface area contributed by atoms with Gasteiger partial charge in [0.25, 0.3) is 0 Å². The first kappa shape index (κ1) is 14.3. The zero-order valence-electron chi connectivity index (χ0n) is 11.3. The number of hydrazine groups is 1. The van der Waals surface area contributed by atoms with Gasteiger partial charge in [0.05, 0.1) is 6.04 Å². The monoisotopic (exact) mass is 350 g/mol. The summed E-state index contributed by atoms with van der Waals surface area (Å²) in [5, 5.41) is 2.12. The zero-order chi connectivity index (χ0) is 13.9. The van der Waals surface area contributed by atoms with Crippen molar-refractivity contribution in [3.05, 3.63) is 56.2 Å². The van der Waals surface area contributed by atoms with E-state index in [9.17, 15) is 0 Å². The molecule has 2 aromatic rings. The van der Waals surface area contributed by atoms with Crippen LogP contribution in [0.25, 0.3) is 0 Å². The molecule has 0 fully saturated rings. The van der Waals surface area contributed by atoms with Gasteiger partial charge in [0.1, 0.15) is 0 Å². The Morgan fingerprint density at radius 2 is 2.25 bits per heavy atom.